The number of nitrogens with one attached hydrogen (secondary N) is 2. The van der Waals surface area contributed by atoms with Crippen molar-refractivity contribution in [2.75, 3.05) is 20.3 Å². The SMILES string of the molecule is CCc1ccc2c(c1)[C@@H](NC[C@H](O)[C@H](Cc1ccccc1)NC(=O)c1cc(-c3ccccn3)c(=O)n(C3CCCC3)c1)C[C@@](C)(COC)O2. The van der Waals surface area contributed by atoms with Crippen molar-refractivity contribution in [3.8, 4) is 17.0 Å². The highest BCUT2D eigenvalue weighted by Gasteiger charge is 2.38. The lowest BCUT2D eigenvalue weighted by Crippen LogP contribution is -2.51. The van der Waals surface area contributed by atoms with Crippen LogP contribution in [0.15, 0.2) is 90.0 Å². The van der Waals surface area contributed by atoms with E-state index < -0.39 is 17.7 Å². The van der Waals surface area contributed by atoms with Crippen LogP contribution in [0.5, 0.6) is 5.75 Å². The summed E-state index contributed by atoms with van der Waals surface area (Å²) in [6.07, 6.45) is 8.29. The molecule has 0 unspecified atom stereocenters. The molecule has 1 amide bonds. The topological polar surface area (TPSA) is 115 Å². The van der Waals surface area contributed by atoms with Crippen LogP contribution in [-0.4, -0.2) is 58.6 Å². The molecule has 49 heavy (non-hydrogen) atoms. The van der Waals surface area contributed by atoms with E-state index in [-0.39, 0.29) is 30.1 Å². The molecule has 1 aliphatic carbocycles. The average molecular weight is 665 g/mol. The molecule has 0 spiro atoms. The van der Waals surface area contributed by atoms with Gasteiger partial charge in [-0.25, -0.2) is 0 Å². The molecule has 3 heterocycles. The molecule has 4 atom stereocenters. The molecule has 2 aromatic carbocycles. The van der Waals surface area contributed by atoms with Gasteiger partial charge in [0, 0.05) is 50.1 Å². The number of rotatable bonds is 13. The molecule has 0 saturated heterocycles. The number of hydrogen-bond acceptors (Lipinski definition) is 7. The van der Waals surface area contributed by atoms with Crippen LogP contribution < -0.4 is 20.9 Å². The van der Waals surface area contributed by atoms with Crippen molar-refractivity contribution in [3.05, 3.63) is 118 Å². The largest absolute Gasteiger partial charge is 0.485 e. The summed E-state index contributed by atoms with van der Waals surface area (Å²) in [7, 11) is 1.67. The van der Waals surface area contributed by atoms with Crippen molar-refractivity contribution in [1.82, 2.24) is 20.2 Å². The first kappa shape index (κ1) is 34.5. The summed E-state index contributed by atoms with van der Waals surface area (Å²) in [6, 6.07) is 22.5. The Kier molecular flexibility index (Phi) is 10.9. The summed E-state index contributed by atoms with van der Waals surface area (Å²) >= 11 is 0. The van der Waals surface area contributed by atoms with Gasteiger partial charge in [-0.15, -0.1) is 0 Å². The van der Waals surface area contributed by atoms with Gasteiger partial charge in [0.2, 0.25) is 0 Å². The standard InChI is InChI=1S/C40H48N4O5/c1-4-27-17-18-37-31(20-27)35(23-40(2,49-37)26-48-3)42-24-36(45)34(21-28-12-6-5-7-13-28)43-38(46)29-22-32(33-16-10-11-19-41-33)39(47)44(25-29)30-14-8-9-15-30/h5-7,10-13,16-20,22,25,30,34-36,42,45H,4,8-9,14-15,21,23-24,26H2,1-3H3,(H,43,46)/t34-,35-,36-,40-/m0/s1. The lowest BCUT2D eigenvalue weighted by Gasteiger charge is -2.40. The van der Waals surface area contributed by atoms with Crippen LogP contribution in [0.2, 0.25) is 0 Å². The number of methoxy groups -OCH3 is 1. The third-order valence-electron chi connectivity index (χ3n) is 9.92. The smallest absolute Gasteiger partial charge is 0.260 e. The van der Waals surface area contributed by atoms with Crippen LogP contribution in [0.4, 0.5) is 0 Å². The second-order valence-corrected chi connectivity index (χ2v) is 13.7. The molecule has 1 aliphatic heterocycles. The van der Waals surface area contributed by atoms with E-state index in [2.05, 4.69) is 34.7 Å². The van der Waals surface area contributed by atoms with Gasteiger partial charge in [-0.1, -0.05) is 68.3 Å². The Balaban J connectivity index is 1.27. The Bertz CT molecular complexity index is 1770. The fraction of sp³-hybridized carbons (Fsp3) is 0.425. The maximum atomic E-state index is 14.1. The minimum absolute atomic E-state index is 0.0389. The predicted octanol–water partition coefficient (Wildman–Crippen LogP) is 5.81. The molecule has 6 rings (SSSR count). The van der Waals surface area contributed by atoms with E-state index in [4.69, 9.17) is 9.47 Å². The summed E-state index contributed by atoms with van der Waals surface area (Å²) in [5.41, 5.74) is 3.87. The van der Waals surface area contributed by atoms with E-state index in [9.17, 15) is 14.7 Å². The molecule has 1 saturated carbocycles. The second-order valence-electron chi connectivity index (χ2n) is 13.7. The van der Waals surface area contributed by atoms with Gasteiger partial charge < -0.3 is 29.8 Å². The highest BCUT2D eigenvalue weighted by atomic mass is 16.5. The Morgan fingerprint density at radius 1 is 1.08 bits per heavy atom. The normalized spacial score (nSPS) is 20.3. The number of aliphatic hydroxyl groups is 1. The number of aliphatic hydroxyl groups excluding tert-OH is 1. The maximum absolute atomic E-state index is 14.1. The molecule has 2 aromatic heterocycles. The number of pyridine rings is 2. The van der Waals surface area contributed by atoms with Crippen molar-refractivity contribution in [1.29, 1.82) is 0 Å². The highest BCUT2D eigenvalue weighted by Crippen LogP contribution is 2.40. The first-order chi connectivity index (χ1) is 23.8. The number of amides is 1. The third-order valence-corrected chi connectivity index (χ3v) is 9.92. The number of nitrogens with zero attached hydrogens (tertiary/aromatic N) is 2. The molecule has 4 aromatic rings. The van der Waals surface area contributed by atoms with Crippen LogP contribution in [0, 0.1) is 0 Å². The van der Waals surface area contributed by atoms with E-state index >= 15 is 0 Å². The van der Waals surface area contributed by atoms with Crippen LogP contribution in [0.25, 0.3) is 11.3 Å². The van der Waals surface area contributed by atoms with E-state index in [0.29, 0.717) is 36.3 Å². The first-order valence-corrected chi connectivity index (χ1v) is 17.5. The maximum Gasteiger partial charge on any atom is 0.260 e. The van der Waals surface area contributed by atoms with Crippen molar-refractivity contribution in [2.24, 2.45) is 0 Å². The Morgan fingerprint density at radius 2 is 1.86 bits per heavy atom. The predicted molar refractivity (Wildman–Crippen MR) is 191 cm³/mol. The Hall–Kier alpha value is -4.31. The van der Waals surface area contributed by atoms with Gasteiger partial charge in [0.25, 0.3) is 11.5 Å². The molecule has 0 bridgehead atoms. The Morgan fingerprint density at radius 3 is 2.57 bits per heavy atom. The molecule has 9 heteroatoms. The fourth-order valence-electron chi connectivity index (χ4n) is 7.30. The molecule has 1 fully saturated rings. The van der Waals surface area contributed by atoms with Crippen LogP contribution in [-0.2, 0) is 17.6 Å². The van der Waals surface area contributed by atoms with Crippen molar-refractivity contribution >= 4 is 5.91 Å². The molecular weight excluding hydrogens is 616 g/mol. The zero-order valence-electron chi connectivity index (χ0n) is 28.7. The van der Waals surface area contributed by atoms with Gasteiger partial charge in [0.15, 0.2) is 0 Å². The third kappa shape index (κ3) is 8.12. The molecule has 3 N–H and O–H groups in total. The molecule has 2 aliphatic rings. The quantitative estimate of drug-likeness (QED) is 0.165. The number of ether oxygens (including phenoxy) is 2. The van der Waals surface area contributed by atoms with Crippen LogP contribution in [0.3, 0.4) is 0 Å². The number of carbonyl (C=O) groups excluding carboxylic acids is 1. The molecule has 0 radical (unpaired) electrons. The number of aromatic nitrogens is 2. The van der Waals surface area contributed by atoms with E-state index in [1.165, 1.54) is 5.56 Å². The minimum Gasteiger partial charge on any atom is -0.485 e. The van der Waals surface area contributed by atoms with Gasteiger partial charge >= 0.3 is 0 Å². The van der Waals surface area contributed by atoms with Crippen molar-refractivity contribution < 1.29 is 19.4 Å². The Labute approximate surface area is 288 Å². The minimum atomic E-state index is -0.922. The lowest BCUT2D eigenvalue weighted by atomic mass is 9.87. The zero-order chi connectivity index (χ0) is 34.4. The summed E-state index contributed by atoms with van der Waals surface area (Å²) in [5, 5.41) is 18.5. The van der Waals surface area contributed by atoms with E-state index in [0.717, 1.165) is 49.0 Å². The molecule has 258 valence electrons. The lowest BCUT2D eigenvalue weighted by molar-refractivity contribution is -0.0220. The summed E-state index contributed by atoms with van der Waals surface area (Å²) in [6.45, 7) is 4.84. The fourth-order valence-corrected chi connectivity index (χ4v) is 7.30. The van der Waals surface area contributed by atoms with Crippen LogP contribution >= 0.6 is 0 Å². The van der Waals surface area contributed by atoms with Crippen LogP contribution in [0.1, 0.15) is 85.1 Å². The van der Waals surface area contributed by atoms with Gasteiger partial charge in [0.1, 0.15) is 11.4 Å². The van der Waals surface area contributed by atoms with E-state index in [1.807, 2.05) is 49.4 Å². The molecule has 9 nitrogen and oxygen atoms in total. The zero-order valence-corrected chi connectivity index (χ0v) is 28.7. The van der Waals surface area contributed by atoms with Crippen molar-refractivity contribution in [3.63, 3.8) is 0 Å². The summed E-state index contributed by atoms with van der Waals surface area (Å²) in [5.74, 6) is 0.464. The molecular formula is C40H48N4O5. The number of benzene rings is 2. The highest BCUT2D eigenvalue weighted by molar-refractivity contribution is 5.95. The van der Waals surface area contributed by atoms with Gasteiger partial charge in [-0.05, 0) is 68.0 Å². The first-order valence-electron chi connectivity index (χ1n) is 17.5. The van der Waals surface area contributed by atoms with E-state index in [1.54, 1.807) is 42.3 Å². The van der Waals surface area contributed by atoms with Gasteiger partial charge in [-0.3, -0.25) is 14.6 Å². The number of hydrogen-bond donors (Lipinski definition) is 3. The monoisotopic (exact) mass is 664 g/mol. The van der Waals surface area contributed by atoms with Gasteiger partial charge in [-0.2, -0.15) is 0 Å². The average Bonchev–Trinajstić information content (AvgIpc) is 3.66. The second kappa shape index (κ2) is 15.5. The number of fused-ring (bicyclic) bond motifs is 1. The van der Waals surface area contributed by atoms with Gasteiger partial charge in [0.05, 0.1) is 35.6 Å². The number of carbonyl (C=O) groups is 1. The summed E-state index contributed by atoms with van der Waals surface area (Å²) in [4.78, 5) is 32.2. The number of aryl methyl sites for hydroxylation is 1. The van der Waals surface area contributed by atoms with Crippen molar-refractivity contribution in [2.45, 2.75) is 88.6 Å². The summed E-state index contributed by atoms with van der Waals surface area (Å²) < 4.78 is 13.6.